The molecule has 2 nitrogen and oxygen atoms in total. The monoisotopic (exact) mass is 289 g/mol. The van der Waals surface area contributed by atoms with Gasteiger partial charge in [0.15, 0.2) is 0 Å². The molecule has 0 saturated heterocycles. The van der Waals surface area contributed by atoms with Gasteiger partial charge in [-0.15, -0.1) is 0 Å². The number of nitrogens with one attached hydrogen (secondary N) is 1. The van der Waals surface area contributed by atoms with E-state index in [-0.39, 0.29) is 5.60 Å². The van der Waals surface area contributed by atoms with Crippen molar-refractivity contribution in [3.05, 3.63) is 34.9 Å². The second-order valence-electron chi connectivity index (χ2n) is 6.30. The molecule has 1 N–H and O–H groups in total. The van der Waals surface area contributed by atoms with Crippen molar-refractivity contribution >= 4 is 0 Å². The Morgan fingerprint density at radius 3 is 2.43 bits per heavy atom. The fourth-order valence-electron chi connectivity index (χ4n) is 3.48. The van der Waals surface area contributed by atoms with Crippen molar-refractivity contribution < 1.29 is 4.74 Å². The molecule has 0 bridgehead atoms. The quantitative estimate of drug-likeness (QED) is 0.765. The topological polar surface area (TPSA) is 21.3 Å². The first-order chi connectivity index (χ1) is 10.2. The number of hydrogen-bond acceptors (Lipinski definition) is 2. The van der Waals surface area contributed by atoms with Gasteiger partial charge in [-0.3, -0.25) is 0 Å². The van der Waals surface area contributed by atoms with Gasteiger partial charge in [0.2, 0.25) is 0 Å². The average molecular weight is 289 g/mol. The summed E-state index contributed by atoms with van der Waals surface area (Å²) in [6.07, 6.45) is 7.02. The van der Waals surface area contributed by atoms with Crippen molar-refractivity contribution in [2.75, 3.05) is 13.7 Å². The van der Waals surface area contributed by atoms with E-state index >= 15 is 0 Å². The second-order valence-corrected chi connectivity index (χ2v) is 6.30. The summed E-state index contributed by atoms with van der Waals surface area (Å²) in [5.74, 6) is 0. The molecule has 0 amide bonds. The molecular formula is C19H31NO. The van der Waals surface area contributed by atoms with E-state index in [1.54, 1.807) is 0 Å². The molecule has 0 aliphatic heterocycles. The van der Waals surface area contributed by atoms with Gasteiger partial charge in [0, 0.05) is 13.2 Å². The minimum Gasteiger partial charge on any atom is -0.378 e. The third-order valence-corrected chi connectivity index (χ3v) is 5.10. The molecule has 2 heteroatoms. The zero-order chi connectivity index (χ0) is 15.3. The highest BCUT2D eigenvalue weighted by Gasteiger charge is 2.39. The van der Waals surface area contributed by atoms with Crippen LogP contribution in [0, 0.1) is 0 Å². The lowest BCUT2D eigenvalue weighted by molar-refractivity contribution is -0.0837. The molecule has 21 heavy (non-hydrogen) atoms. The van der Waals surface area contributed by atoms with Gasteiger partial charge in [0.25, 0.3) is 0 Å². The smallest absolute Gasteiger partial charge is 0.0697 e. The Hall–Kier alpha value is -0.860. The van der Waals surface area contributed by atoms with E-state index in [1.165, 1.54) is 36.0 Å². The summed E-state index contributed by atoms with van der Waals surface area (Å²) in [5.41, 5.74) is 4.51. The number of benzene rings is 1. The van der Waals surface area contributed by atoms with Crippen LogP contribution in [0.2, 0.25) is 0 Å². The van der Waals surface area contributed by atoms with Crippen molar-refractivity contribution in [1.82, 2.24) is 5.32 Å². The van der Waals surface area contributed by atoms with Crippen LogP contribution in [0.1, 0.15) is 69.2 Å². The Morgan fingerprint density at radius 2 is 1.95 bits per heavy atom. The fraction of sp³-hybridized carbons (Fsp3) is 0.684. The molecular weight excluding hydrogens is 258 g/mol. The first kappa shape index (κ1) is 16.5. The van der Waals surface area contributed by atoms with Crippen molar-refractivity contribution in [3.8, 4) is 0 Å². The summed E-state index contributed by atoms with van der Waals surface area (Å²) in [6.45, 7) is 7.69. The highest BCUT2D eigenvalue weighted by atomic mass is 16.5. The maximum Gasteiger partial charge on any atom is 0.0697 e. The fourth-order valence-corrected chi connectivity index (χ4v) is 3.48. The highest BCUT2D eigenvalue weighted by Crippen LogP contribution is 2.42. The Kier molecular flexibility index (Phi) is 5.83. The van der Waals surface area contributed by atoms with Crippen LogP contribution in [-0.4, -0.2) is 19.3 Å². The SMILES string of the molecule is CCNC(CC1(OC)CCC1)c1cc(CC)ccc1CC. The van der Waals surface area contributed by atoms with E-state index in [4.69, 9.17) is 4.74 Å². The van der Waals surface area contributed by atoms with Crippen molar-refractivity contribution in [1.29, 1.82) is 0 Å². The van der Waals surface area contributed by atoms with Crippen LogP contribution in [-0.2, 0) is 17.6 Å². The van der Waals surface area contributed by atoms with Crippen molar-refractivity contribution in [2.45, 2.75) is 70.9 Å². The zero-order valence-corrected chi connectivity index (χ0v) is 14.2. The minimum absolute atomic E-state index is 0.111. The van der Waals surface area contributed by atoms with Gasteiger partial charge in [0.1, 0.15) is 0 Å². The van der Waals surface area contributed by atoms with E-state index in [0.717, 1.165) is 25.8 Å². The van der Waals surface area contributed by atoms with E-state index in [9.17, 15) is 0 Å². The largest absolute Gasteiger partial charge is 0.378 e. The maximum atomic E-state index is 5.86. The van der Waals surface area contributed by atoms with Gasteiger partial charge < -0.3 is 10.1 Å². The Morgan fingerprint density at radius 1 is 1.19 bits per heavy atom. The molecule has 1 saturated carbocycles. The number of aryl methyl sites for hydroxylation is 2. The lowest BCUT2D eigenvalue weighted by Gasteiger charge is -2.43. The van der Waals surface area contributed by atoms with Crippen LogP contribution in [0.5, 0.6) is 0 Å². The normalized spacial score (nSPS) is 18.3. The summed E-state index contributed by atoms with van der Waals surface area (Å²) >= 11 is 0. The lowest BCUT2D eigenvalue weighted by atomic mass is 9.74. The second kappa shape index (κ2) is 7.42. The molecule has 1 unspecified atom stereocenters. The van der Waals surface area contributed by atoms with E-state index in [0.29, 0.717) is 6.04 Å². The number of methoxy groups -OCH3 is 1. The number of ether oxygens (including phenoxy) is 1. The number of rotatable bonds is 8. The summed E-state index contributed by atoms with van der Waals surface area (Å²) in [6, 6.07) is 7.42. The van der Waals surface area contributed by atoms with Crippen LogP contribution in [0.15, 0.2) is 18.2 Å². The van der Waals surface area contributed by atoms with Crippen LogP contribution in [0.25, 0.3) is 0 Å². The minimum atomic E-state index is 0.111. The summed E-state index contributed by atoms with van der Waals surface area (Å²) < 4.78 is 5.86. The van der Waals surface area contributed by atoms with E-state index in [1.807, 2.05) is 7.11 Å². The zero-order valence-electron chi connectivity index (χ0n) is 14.2. The molecule has 0 aromatic heterocycles. The van der Waals surface area contributed by atoms with Gasteiger partial charge >= 0.3 is 0 Å². The van der Waals surface area contributed by atoms with Crippen LogP contribution in [0.3, 0.4) is 0 Å². The molecule has 1 fully saturated rings. The van der Waals surface area contributed by atoms with E-state index in [2.05, 4.69) is 44.3 Å². The first-order valence-electron chi connectivity index (χ1n) is 8.58. The maximum absolute atomic E-state index is 5.86. The molecule has 0 spiro atoms. The molecule has 1 aromatic rings. The Labute approximate surface area is 130 Å². The molecule has 2 rings (SSSR count). The average Bonchev–Trinajstić information content (AvgIpc) is 2.49. The standard InChI is InChI=1S/C19H31NO/c1-5-15-9-10-16(6-2)17(13-15)18(20-7-3)14-19(21-4)11-8-12-19/h9-10,13,18,20H,5-8,11-12,14H2,1-4H3. The van der Waals surface area contributed by atoms with Crippen molar-refractivity contribution in [2.24, 2.45) is 0 Å². The van der Waals surface area contributed by atoms with Gasteiger partial charge in [-0.1, -0.05) is 39.0 Å². The molecule has 1 aliphatic rings. The summed E-state index contributed by atoms with van der Waals surface area (Å²) in [5, 5.41) is 3.70. The van der Waals surface area contributed by atoms with E-state index < -0.39 is 0 Å². The van der Waals surface area contributed by atoms with Crippen LogP contribution >= 0.6 is 0 Å². The third kappa shape index (κ3) is 3.67. The molecule has 1 atom stereocenters. The van der Waals surface area contributed by atoms with Crippen LogP contribution in [0.4, 0.5) is 0 Å². The molecule has 1 aromatic carbocycles. The third-order valence-electron chi connectivity index (χ3n) is 5.10. The van der Waals surface area contributed by atoms with Gasteiger partial charge in [-0.25, -0.2) is 0 Å². The van der Waals surface area contributed by atoms with Gasteiger partial charge in [-0.05, 0) is 61.8 Å². The Bertz CT molecular complexity index is 445. The molecule has 1 aliphatic carbocycles. The molecule has 0 radical (unpaired) electrons. The predicted molar refractivity (Wildman–Crippen MR) is 89.8 cm³/mol. The predicted octanol–water partition coefficient (Wildman–Crippen LogP) is 4.42. The number of hydrogen-bond donors (Lipinski definition) is 1. The van der Waals surface area contributed by atoms with Crippen LogP contribution < -0.4 is 5.32 Å². The molecule has 0 heterocycles. The summed E-state index contributed by atoms with van der Waals surface area (Å²) in [4.78, 5) is 0. The molecule has 118 valence electrons. The Balaban J connectivity index is 2.28. The lowest BCUT2D eigenvalue weighted by Crippen LogP contribution is -2.43. The highest BCUT2D eigenvalue weighted by molar-refractivity contribution is 5.35. The van der Waals surface area contributed by atoms with Crippen molar-refractivity contribution in [3.63, 3.8) is 0 Å². The first-order valence-corrected chi connectivity index (χ1v) is 8.58. The summed E-state index contributed by atoms with van der Waals surface area (Å²) in [7, 11) is 1.88. The van der Waals surface area contributed by atoms with Gasteiger partial charge in [-0.2, -0.15) is 0 Å². The van der Waals surface area contributed by atoms with Gasteiger partial charge in [0.05, 0.1) is 5.60 Å².